The summed E-state index contributed by atoms with van der Waals surface area (Å²) in [4.78, 5) is 4.64. The van der Waals surface area contributed by atoms with Gasteiger partial charge in [-0.3, -0.25) is 0 Å². The van der Waals surface area contributed by atoms with Gasteiger partial charge in [0.1, 0.15) is 10.8 Å². The average molecular weight is 276 g/mol. The van der Waals surface area contributed by atoms with Crippen LogP contribution >= 0.6 is 11.3 Å². The molecule has 3 nitrogen and oxygen atoms in total. The Morgan fingerprint density at radius 3 is 2.68 bits per heavy atom. The van der Waals surface area contributed by atoms with Crippen LogP contribution in [-0.4, -0.2) is 18.1 Å². The number of benzene rings is 1. The summed E-state index contributed by atoms with van der Waals surface area (Å²) < 4.78 is 5.44. The topological polar surface area (TPSA) is 34.2 Å². The molecule has 1 aromatic carbocycles. The third-order valence-corrected chi connectivity index (χ3v) is 3.56. The van der Waals surface area contributed by atoms with Crippen molar-refractivity contribution in [3.63, 3.8) is 0 Å². The van der Waals surface area contributed by atoms with Crippen LogP contribution in [0.1, 0.15) is 25.3 Å². The molecular formula is C15H20N2OS. The highest BCUT2D eigenvalue weighted by Crippen LogP contribution is 2.24. The Morgan fingerprint density at radius 1 is 1.21 bits per heavy atom. The zero-order valence-electron chi connectivity index (χ0n) is 11.5. The number of ether oxygens (including phenoxy) is 1. The Labute approximate surface area is 118 Å². The Morgan fingerprint density at radius 2 is 2.00 bits per heavy atom. The minimum absolute atomic E-state index is 0.698. The molecule has 0 aliphatic carbocycles. The molecule has 0 aliphatic heterocycles. The first-order chi connectivity index (χ1) is 9.33. The Kier molecular flexibility index (Phi) is 5.36. The van der Waals surface area contributed by atoms with Gasteiger partial charge in [-0.05, 0) is 44.2 Å². The van der Waals surface area contributed by atoms with Crippen LogP contribution < -0.4 is 10.1 Å². The smallest absolute Gasteiger partial charge is 0.119 e. The number of hydrogen-bond acceptors (Lipinski definition) is 4. The van der Waals surface area contributed by atoms with Crippen molar-refractivity contribution in [2.24, 2.45) is 0 Å². The lowest BCUT2D eigenvalue weighted by Gasteiger charge is -2.03. The van der Waals surface area contributed by atoms with E-state index in [4.69, 9.17) is 4.74 Å². The average Bonchev–Trinajstić information content (AvgIpc) is 2.89. The van der Waals surface area contributed by atoms with Gasteiger partial charge < -0.3 is 10.1 Å². The standard InChI is InChI=1S/C15H20N2OS/c1-3-9-16-10-15-17-14(11-19-15)12-5-7-13(8-6-12)18-4-2/h5-8,11,16H,3-4,9-10H2,1-2H3. The highest BCUT2D eigenvalue weighted by molar-refractivity contribution is 7.09. The molecule has 0 saturated heterocycles. The van der Waals surface area contributed by atoms with E-state index in [1.807, 2.05) is 19.1 Å². The fraction of sp³-hybridized carbons (Fsp3) is 0.400. The van der Waals surface area contributed by atoms with Gasteiger partial charge in [-0.15, -0.1) is 11.3 Å². The lowest BCUT2D eigenvalue weighted by atomic mass is 10.2. The van der Waals surface area contributed by atoms with Gasteiger partial charge in [0.15, 0.2) is 0 Å². The SMILES string of the molecule is CCCNCc1nc(-c2ccc(OCC)cc2)cs1. The second kappa shape index (κ2) is 7.26. The van der Waals surface area contributed by atoms with Crippen molar-refractivity contribution in [3.05, 3.63) is 34.7 Å². The first-order valence-electron chi connectivity index (χ1n) is 6.71. The van der Waals surface area contributed by atoms with Crippen LogP contribution in [-0.2, 0) is 6.54 Å². The number of nitrogens with one attached hydrogen (secondary N) is 1. The lowest BCUT2D eigenvalue weighted by Crippen LogP contribution is -2.13. The summed E-state index contributed by atoms with van der Waals surface area (Å²) in [5, 5.41) is 6.62. The first-order valence-corrected chi connectivity index (χ1v) is 7.59. The fourth-order valence-corrected chi connectivity index (χ4v) is 2.56. The normalized spacial score (nSPS) is 10.6. The van der Waals surface area contributed by atoms with E-state index in [2.05, 4.69) is 34.7 Å². The summed E-state index contributed by atoms with van der Waals surface area (Å²) in [7, 11) is 0. The first kappa shape index (κ1) is 14.0. The van der Waals surface area contributed by atoms with Crippen molar-refractivity contribution in [3.8, 4) is 17.0 Å². The van der Waals surface area contributed by atoms with E-state index in [-0.39, 0.29) is 0 Å². The number of rotatable bonds is 7. The van der Waals surface area contributed by atoms with Crippen molar-refractivity contribution >= 4 is 11.3 Å². The maximum atomic E-state index is 5.44. The molecule has 0 spiro atoms. The van der Waals surface area contributed by atoms with Gasteiger partial charge in [0.25, 0.3) is 0 Å². The van der Waals surface area contributed by atoms with Gasteiger partial charge in [0.05, 0.1) is 12.3 Å². The van der Waals surface area contributed by atoms with E-state index < -0.39 is 0 Å². The van der Waals surface area contributed by atoms with Gasteiger partial charge in [0.2, 0.25) is 0 Å². The van der Waals surface area contributed by atoms with Crippen LogP contribution in [0.4, 0.5) is 0 Å². The summed E-state index contributed by atoms with van der Waals surface area (Å²) in [6.07, 6.45) is 1.15. The summed E-state index contributed by atoms with van der Waals surface area (Å²) >= 11 is 1.70. The van der Waals surface area contributed by atoms with Crippen LogP contribution in [0.2, 0.25) is 0 Å². The van der Waals surface area contributed by atoms with E-state index in [9.17, 15) is 0 Å². The van der Waals surface area contributed by atoms with Gasteiger partial charge in [-0.2, -0.15) is 0 Å². The maximum absolute atomic E-state index is 5.44. The highest BCUT2D eigenvalue weighted by atomic mass is 32.1. The molecule has 102 valence electrons. The molecule has 0 fully saturated rings. The summed E-state index contributed by atoms with van der Waals surface area (Å²) in [6, 6.07) is 8.10. The van der Waals surface area contributed by atoms with Gasteiger partial charge in [-0.1, -0.05) is 6.92 Å². The van der Waals surface area contributed by atoms with Crippen molar-refractivity contribution in [1.82, 2.24) is 10.3 Å². The van der Waals surface area contributed by atoms with E-state index in [0.717, 1.165) is 41.5 Å². The molecule has 19 heavy (non-hydrogen) atoms. The minimum Gasteiger partial charge on any atom is -0.494 e. The molecule has 4 heteroatoms. The Hall–Kier alpha value is -1.39. The molecule has 0 aliphatic rings. The summed E-state index contributed by atoms with van der Waals surface area (Å²) in [5.74, 6) is 0.909. The van der Waals surface area contributed by atoms with Crippen molar-refractivity contribution < 1.29 is 4.74 Å². The third-order valence-electron chi connectivity index (χ3n) is 2.72. The molecule has 1 heterocycles. The van der Waals surface area contributed by atoms with Gasteiger partial charge in [-0.25, -0.2) is 4.98 Å². The Balaban J connectivity index is 2.01. The monoisotopic (exact) mass is 276 g/mol. The van der Waals surface area contributed by atoms with Crippen LogP contribution in [0.25, 0.3) is 11.3 Å². The second-order valence-corrected chi connectivity index (χ2v) is 5.20. The zero-order valence-corrected chi connectivity index (χ0v) is 12.3. The molecule has 0 bridgehead atoms. The van der Waals surface area contributed by atoms with E-state index in [1.165, 1.54) is 0 Å². The van der Waals surface area contributed by atoms with Gasteiger partial charge >= 0.3 is 0 Å². The van der Waals surface area contributed by atoms with Crippen LogP contribution in [0, 0.1) is 0 Å². The minimum atomic E-state index is 0.698. The molecule has 2 aromatic rings. The van der Waals surface area contributed by atoms with E-state index >= 15 is 0 Å². The predicted octanol–water partition coefficient (Wildman–Crippen LogP) is 3.71. The van der Waals surface area contributed by atoms with Crippen molar-refractivity contribution in [2.75, 3.05) is 13.2 Å². The number of nitrogens with zero attached hydrogens (tertiary/aromatic N) is 1. The third kappa shape index (κ3) is 4.04. The highest BCUT2D eigenvalue weighted by Gasteiger charge is 2.04. The molecule has 0 unspecified atom stereocenters. The Bertz CT molecular complexity index is 493. The number of aromatic nitrogens is 1. The molecule has 2 rings (SSSR count). The second-order valence-electron chi connectivity index (χ2n) is 4.26. The maximum Gasteiger partial charge on any atom is 0.119 e. The molecular weight excluding hydrogens is 256 g/mol. The largest absolute Gasteiger partial charge is 0.494 e. The van der Waals surface area contributed by atoms with Crippen LogP contribution in [0.3, 0.4) is 0 Å². The summed E-state index contributed by atoms with van der Waals surface area (Å²) in [6.45, 7) is 6.75. The summed E-state index contributed by atoms with van der Waals surface area (Å²) in [5.41, 5.74) is 2.18. The molecule has 0 saturated carbocycles. The quantitative estimate of drug-likeness (QED) is 0.783. The van der Waals surface area contributed by atoms with Crippen LogP contribution in [0.15, 0.2) is 29.6 Å². The fourth-order valence-electron chi connectivity index (χ4n) is 1.79. The number of hydrogen-bond donors (Lipinski definition) is 1. The van der Waals surface area contributed by atoms with Crippen molar-refractivity contribution in [2.45, 2.75) is 26.8 Å². The molecule has 0 atom stereocenters. The number of thiazole rings is 1. The van der Waals surface area contributed by atoms with Crippen LogP contribution in [0.5, 0.6) is 5.75 Å². The van der Waals surface area contributed by atoms with E-state index in [0.29, 0.717) is 6.61 Å². The van der Waals surface area contributed by atoms with Crippen molar-refractivity contribution in [1.29, 1.82) is 0 Å². The lowest BCUT2D eigenvalue weighted by molar-refractivity contribution is 0.340. The van der Waals surface area contributed by atoms with E-state index in [1.54, 1.807) is 11.3 Å². The molecule has 1 aromatic heterocycles. The molecule has 0 radical (unpaired) electrons. The van der Waals surface area contributed by atoms with Gasteiger partial charge in [0, 0.05) is 17.5 Å². The zero-order chi connectivity index (χ0) is 13.5. The predicted molar refractivity (Wildman–Crippen MR) is 80.7 cm³/mol. The molecule has 0 amide bonds. The molecule has 1 N–H and O–H groups in total.